The van der Waals surface area contributed by atoms with E-state index >= 15 is 0 Å². The minimum Gasteiger partial charge on any atom is -0.484 e. The zero-order valence-corrected chi connectivity index (χ0v) is 25.8. The van der Waals surface area contributed by atoms with Crippen LogP contribution in [-0.2, 0) is 22.6 Å². The van der Waals surface area contributed by atoms with Crippen molar-refractivity contribution in [1.82, 2.24) is 10.2 Å². The molecule has 3 aromatic rings. The molecule has 1 atom stereocenters. The van der Waals surface area contributed by atoms with Crippen LogP contribution < -0.4 is 10.1 Å². The topological polar surface area (TPSA) is 58.6 Å². The summed E-state index contributed by atoms with van der Waals surface area (Å²) in [7, 11) is 0. The minimum atomic E-state index is -0.664. The first kappa shape index (κ1) is 29.3. The molecule has 3 aromatic carbocycles. The van der Waals surface area contributed by atoms with Gasteiger partial charge in [0.25, 0.3) is 5.91 Å². The van der Waals surface area contributed by atoms with E-state index in [1.807, 2.05) is 80.6 Å². The number of benzene rings is 3. The summed E-state index contributed by atoms with van der Waals surface area (Å²) in [4.78, 5) is 29.4. The lowest BCUT2D eigenvalue weighted by Crippen LogP contribution is -2.53. The van der Waals surface area contributed by atoms with Gasteiger partial charge in [0.05, 0.1) is 0 Å². The lowest BCUT2D eigenvalue weighted by atomic mass is 9.94. The van der Waals surface area contributed by atoms with Gasteiger partial charge in [-0.05, 0) is 73.2 Å². The average molecular weight is 656 g/mol. The molecule has 0 heterocycles. The van der Waals surface area contributed by atoms with Crippen LogP contribution in [0, 0.1) is 13.8 Å². The molecule has 5 nitrogen and oxygen atoms in total. The number of amides is 2. The SMILES string of the molecule is Cc1cc(OCC(=O)N(Cc2ccc(Br)cc2)[C@H](Cc2ccccc2)C(=O)NC2CCCCC2)cc(C)c1Br. The Morgan fingerprint density at radius 2 is 1.56 bits per heavy atom. The van der Waals surface area contributed by atoms with E-state index in [1.54, 1.807) is 4.90 Å². The fourth-order valence-electron chi connectivity index (χ4n) is 5.10. The van der Waals surface area contributed by atoms with Crippen molar-refractivity contribution < 1.29 is 14.3 Å². The van der Waals surface area contributed by atoms with Gasteiger partial charge in [-0.15, -0.1) is 0 Å². The van der Waals surface area contributed by atoms with Crippen LogP contribution in [0.15, 0.2) is 75.7 Å². The summed E-state index contributed by atoms with van der Waals surface area (Å²) < 4.78 is 7.99. The molecule has 0 saturated heterocycles. The third kappa shape index (κ3) is 8.42. The summed E-state index contributed by atoms with van der Waals surface area (Å²) in [5, 5.41) is 3.28. The molecule has 206 valence electrons. The maximum absolute atomic E-state index is 13.9. The number of ether oxygens (including phenoxy) is 1. The van der Waals surface area contributed by atoms with Gasteiger partial charge in [0.15, 0.2) is 6.61 Å². The minimum absolute atomic E-state index is 0.105. The van der Waals surface area contributed by atoms with Crippen molar-refractivity contribution in [3.8, 4) is 5.75 Å². The van der Waals surface area contributed by atoms with Gasteiger partial charge >= 0.3 is 0 Å². The van der Waals surface area contributed by atoms with E-state index in [1.165, 1.54) is 6.42 Å². The standard InChI is InChI=1S/C32H36Br2N2O3/c1-22-17-28(18-23(2)31(22)34)39-21-30(37)36(20-25-13-15-26(33)16-14-25)29(19-24-9-5-3-6-10-24)32(38)35-27-11-7-4-8-12-27/h3,5-6,9-10,13-18,27,29H,4,7-8,11-12,19-21H2,1-2H3,(H,35,38)/t29-/m1/s1. The molecule has 0 bridgehead atoms. The van der Waals surface area contributed by atoms with Crippen molar-refractivity contribution >= 4 is 43.7 Å². The predicted molar refractivity (Wildman–Crippen MR) is 163 cm³/mol. The number of nitrogens with zero attached hydrogens (tertiary/aromatic N) is 1. The molecule has 1 saturated carbocycles. The highest BCUT2D eigenvalue weighted by atomic mass is 79.9. The average Bonchev–Trinajstić information content (AvgIpc) is 2.94. The molecular formula is C32H36Br2N2O3. The second-order valence-corrected chi connectivity index (χ2v) is 12.1. The van der Waals surface area contributed by atoms with Crippen LogP contribution in [-0.4, -0.2) is 35.4 Å². The second-order valence-electron chi connectivity index (χ2n) is 10.4. The normalized spacial score (nSPS) is 14.5. The van der Waals surface area contributed by atoms with Crippen LogP contribution in [0.25, 0.3) is 0 Å². The van der Waals surface area contributed by atoms with Crippen molar-refractivity contribution in [2.45, 2.75) is 71.0 Å². The quantitative estimate of drug-likeness (QED) is 0.249. The van der Waals surface area contributed by atoms with Gasteiger partial charge in [0.2, 0.25) is 5.91 Å². The Bertz CT molecular complexity index is 1240. The molecular weight excluding hydrogens is 620 g/mol. The number of hydrogen-bond donors (Lipinski definition) is 1. The Morgan fingerprint density at radius 3 is 2.21 bits per heavy atom. The smallest absolute Gasteiger partial charge is 0.261 e. The van der Waals surface area contributed by atoms with E-state index in [4.69, 9.17) is 4.74 Å². The zero-order chi connectivity index (χ0) is 27.8. The number of carbonyl (C=O) groups is 2. The van der Waals surface area contributed by atoms with Crippen LogP contribution in [0.4, 0.5) is 0 Å². The predicted octanol–water partition coefficient (Wildman–Crippen LogP) is 7.30. The summed E-state index contributed by atoms with van der Waals surface area (Å²) in [5.74, 6) is 0.304. The van der Waals surface area contributed by atoms with Gasteiger partial charge in [0.1, 0.15) is 11.8 Å². The Balaban J connectivity index is 1.61. The van der Waals surface area contributed by atoms with Crippen LogP contribution in [0.5, 0.6) is 5.75 Å². The molecule has 1 N–H and O–H groups in total. The van der Waals surface area contributed by atoms with Gasteiger partial charge in [-0.2, -0.15) is 0 Å². The van der Waals surface area contributed by atoms with Crippen molar-refractivity contribution in [1.29, 1.82) is 0 Å². The largest absolute Gasteiger partial charge is 0.484 e. The second kappa shape index (κ2) is 14.1. The first-order valence-corrected chi connectivity index (χ1v) is 15.2. The van der Waals surface area contributed by atoms with E-state index < -0.39 is 6.04 Å². The summed E-state index contributed by atoms with van der Waals surface area (Å²) in [6.45, 7) is 4.15. The molecule has 0 aromatic heterocycles. The molecule has 0 unspecified atom stereocenters. The van der Waals surface area contributed by atoms with Crippen molar-refractivity contribution in [3.63, 3.8) is 0 Å². The number of aryl methyl sites for hydroxylation is 2. The molecule has 7 heteroatoms. The van der Waals surface area contributed by atoms with Crippen molar-refractivity contribution in [2.24, 2.45) is 0 Å². The molecule has 39 heavy (non-hydrogen) atoms. The van der Waals surface area contributed by atoms with E-state index in [-0.39, 0.29) is 24.5 Å². The summed E-state index contributed by atoms with van der Waals surface area (Å²) in [6.07, 6.45) is 5.84. The molecule has 0 aliphatic heterocycles. The molecule has 0 spiro atoms. The molecule has 4 rings (SSSR count). The first-order valence-electron chi connectivity index (χ1n) is 13.6. The maximum Gasteiger partial charge on any atom is 0.261 e. The van der Waals surface area contributed by atoms with Gasteiger partial charge < -0.3 is 15.0 Å². The van der Waals surface area contributed by atoms with Crippen LogP contribution in [0.2, 0.25) is 0 Å². The van der Waals surface area contributed by atoms with E-state index in [2.05, 4.69) is 37.2 Å². The zero-order valence-electron chi connectivity index (χ0n) is 22.6. The monoisotopic (exact) mass is 654 g/mol. The molecule has 1 aliphatic rings. The Hall–Kier alpha value is -2.64. The lowest BCUT2D eigenvalue weighted by Gasteiger charge is -2.33. The number of halogens is 2. The van der Waals surface area contributed by atoms with Crippen LogP contribution >= 0.6 is 31.9 Å². The van der Waals surface area contributed by atoms with E-state index in [0.717, 1.165) is 56.9 Å². The fraction of sp³-hybridized carbons (Fsp3) is 0.375. The number of rotatable bonds is 10. The van der Waals surface area contributed by atoms with Gasteiger partial charge in [-0.25, -0.2) is 0 Å². The molecule has 2 amide bonds. The fourth-order valence-corrected chi connectivity index (χ4v) is 5.60. The number of nitrogens with one attached hydrogen (secondary N) is 1. The molecule has 1 aliphatic carbocycles. The Kier molecular flexibility index (Phi) is 10.6. The number of carbonyl (C=O) groups excluding carboxylic acids is 2. The maximum atomic E-state index is 13.9. The highest BCUT2D eigenvalue weighted by Crippen LogP contribution is 2.27. The lowest BCUT2D eigenvalue weighted by molar-refractivity contribution is -0.143. The molecule has 0 radical (unpaired) electrons. The highest BCUT2D eigenvalue weighted by molar-refractivity contribution is 9.10. The Morgan fingerprint density at radius 1 is 0.923 bits per heavy atom. The van der Waals surface area contributed by atoms with Crippen molar-refractivity contribution in [2.75, 3.05) is 6.61 Å². The Labute approximate surface area is 248 Å². The van der Waals surface area contributed by atoms with Gasteiger partial charge in [0, 0.05) is 28.0 Å². The van der Waals surface area contributed by atoms with Crippen LogP contribution in [0.1, 0.15) is 54.4 Å². The van der Waals surface area contributed by atoms with Crippen LogP contribution in [0.3, 0.4) is 0 Å². The third-order valence-corrected chi connectivity index (χ3v) is 9.04. The molecule has 1 fully saturated rings. The van der Waals surface area contributed by atoms with Gasteiger partial charge in [-0.1, -0.05) is 93.6 Å². The third-order valence-electron chi connectivity index (χ3n) is 7.26. The van der Waals surface area contributed by atoms with E-state index in [0.29, 0.717) is 18.7 Å². The van der Waals surface area contributed by atoms with Crippen molar-refractivity contribution in [3.05, 3.63) is 97.9 Å². The highest BCUT2D eigenvalue weighted by Gasteiger charge is 2.32. The first-order chi connectivity index (χ1) is 18.8. The van der Waals surface area contributed by atoms with Gasteiger partial charge in [-0.3, -0.25) is 9.59 Å². The summed E-state index contributed by atoms with van der Waals surface area (Å²) >= 11 is 7.08. The van der Waals surface area contributed by atoms with E-state index in [9.17, 15) is 9.59 Å². The number of hydrogen-bond acceptors (Lipinski definition) is 3. The summed E-state index contributed by atoms with van der Waals surface area (Å²) in [6, 6.07) is 21.1. The summed E-state index contributed by atoms with van der Waals surface area (Å²) in [5.41, 5.74) is 4.04.